The second-order valence-electron chi connectivity index (χ2n) is 3.06. The molecule has 0 bridgehead atoms. The molecule has 0 N–H and O–H groups in total. The maximum Gasteiger partial charge on any atom is 0.342 e. The van der Waals surface area contributed by atoms with Crippen molar-refractivity contribution in [2.24, 2.45) is 0 Å². The summed E-state index contributed by atoms with van der Waals surface area (Å²) in [6, 6.07) is 3.38. The van der Waals surface area contributed by atoms with Crippen molar-refractivity contribution in [1.29, 1.82) is 0 Å². The number of halogens is 1. The van der Waals surface area contributed by atoms with Crippen LogP contribution in [-0.4, -0.2) is 32.6 Å². The van der Waals surface area contributed by atoms with Gasteiger partial charge in [0, 0.05) is 6.20 Å². The molecule has 2 heterocycles. The Morgan fingerprint density at radius 3 is 3.06 bits per heavy atom. The standard InChI is InChI=1S/C10H9ClN4O2/c1-2-17-10(16)7-6-13-15(9(7)11)8-4-3-5-12-14-8/h3-6H,2H2,1H3. The van der Waals surface area contributed by atoms with Crippen molar-refractivity contribution in [3.05, 3.63) is 35.2 Å². The van der Waals surface area contributed by atoms with Crippen LogP contribution in [0.1, 0.15) is 17.3 Å². The van der Waals surface area contributed by atoms with Crippen molar-refractivity contribution < 1.29 is 9.53 Å². The highest BCUT2D eigenvalue weighted by Gasteiger charge is 2.18. The van der Waals surface area contributed by atoms with E-state index in [1.807, 2.05) is 0 Å². The van der Waals surface area contributed by atoms with Crippen LogP contribution in [0, 0.1) is 0 Å². The van der Waals surface area contributed by atoms with Gasteiger partial charge in [-0.05, 0) is 19.1 Å². The topological polar surface area (TPSA) is 69.9 Å². The van der Waals surface area contributed by atoms with Crippen LogP contribution in [0.2, 0.25) is 5.15 Å². The van der Waals surface area contributed by atoms with E-state index in [0.29, 0.717) is 5.82 Å². The Hall–Kier alpha value is -1.95. The van der Waals surface area contributed by atoms with Gasteiger partial charge in [-0.25, -0.2) is 9.48 Å². The van der Waals surface area contributed by atoms with E-state index in [-0.39, 0.29) is 17.3 Å². The molecule has 0 aliphatic carbocycles. The maximum absolute atomic E-state index is 11.5. The molecular formula is C10H9ClN4O2. The van der Waals surface area contributed by atoms with Crippen LogP contribution in [-0.2, 0) is 4.74 Å². The largest absolute Gasteiger partial charge is 0.462 e. The summed E-state index contributed by atoms with van der Waals surface area (Å²) >= 11 is 6.02. The first kappa shape index (κ1) is 11.5. The Kier molecular flexibility index (Phi) is 3.34. The van der Waals surface area contributed by atoms with E-state index >= 15 is 0 Å². The number of ether oxygens (including phenoxy) is 1. The molecular weight excluding hydrogens is 244 g/mol. The number of nitrogens with zero attached hydrogens (tertiary/aromatic N) is 4. The molecule has 0 radical (unpaired) electrons. The molecule has 2 rings (SSSR count). The molecule has 6 nitrogen and oxygen atoms in total. The summed E-state index contributed by atoms with van der Waals surface area (Å²) in [7, 11) is 0. The lowest BCUT2D eigenvalue weighted by atomic mass is 10.4. The number of carbonyl (C=O) groups excluding carboxylic acids is 1. The third-order valence-electron chi connectivity index (χ3n) is 1.98. The van der Waals surface area contributed by atoms with Crippen molar-refractivity contribution in [3.63, 3.8) is 0 Å². The van der Waals surface area contributed by atoms with Crippen molar-refractivity contribution in [2.45, 2.75) is 6.92 Å². The third-order valence-corrected chi connectivity index (χ3v) is 2.34. The minimum absolute atomic E-state index is 0.156. The van der Waals surface area contributed by atoms with E-state index in [1.54, 1.807) is 19.1 Å². The lowest BCUT2D eigenvalue weighted by molar-refractivity contribution is 0.0526. The van der Waals surface area contributed by atoms with E-state index in [0.717, 1.165) is 0 Å². The summed E-state index contributed by atoms with van der Waals surface area (Å²) in [5, 5.41) is 11.7. The smallest absolute Gasteiger partial charge is 0.342 e. The quantitative estimate of drug-likeness (QED) is 0.774. The number of rotatable bonds is 3. The molecule has 0 aliphatic rings. The first-order chi connectivity index (χ1) is 8.24. The number of hydrogen-bond acceptors (Lipinski definition) is 5. The van der Waals surface area contributed by atoms with Crippen LogP contribution < -0.4 is 0 Å². The van der Waals surface area contributed by atoms with Gasteiger partial charge in [-0.3, -0.25) is 0 Å². The second kappa shape index (κ2) is 4.92. The Morgan fingerprint density at radius 1 is 1.59 bits per heavy atom. The minimum Gasteiger partial charge on any atom is -0.462 e. The molecule has 17 heavy (non-hydrogen) atoms. The van der Waals surface area contributed by atoms with E-state index in [1.165, 1.54) is 17.1 Å². The number of carbonyl (C=O) groups is 1. The van der Waals surface area contributed by atoms with Crippen molar-refractivity contribution in [1.82, 2.24) is 20.0 Å². The lowest BCUT2D eigenvalue weighted by Crippen LogP contribution is -2.05. The molecule has 0 saturated carbocycles. The van der Waals surface area contributed by atoms with Gasteiger partial charge in [-0.15, -0.1) is 5.10 Å². The molecule has 0 fully saturated rings. The van der Waals surface area contributed by atoms with Crippen LogP contribution in [0.4, 0.5) is 0 Å². The van der Waals surface area contributed by atoms with Gasteiger partial charge in [0.15, 0.2) is 5.82 Å². The summed E-state index contributed by atoms with van der Waals surface area (Å²) in [4.78, 5) is 11.5. The van der Waals surface area contributed by atoms with Gasteiger partial charge in [-0.2, -0.15) is 10.2 Å². The molecule has 0 spiro atoms. The summed E-state index contributed by atoms with van der Waals surface area (Å²) in [5.41, 5.74) is 0.208. The zero-order valence-corrected chi connectivity index (χ0v) is 9.76. The normalized spacial score (nSPS) is 10.2. The van der Waals surface area contributed by atoms with Crippen LogP contribution in [0.25, 0.3) is 5.82 Å². The number of esters is 1. The highest BCUT2D eigenvalue weighted by molar-refractivity contribution is 6.32. The van der Waals surface area contributed by atoms with Gasteiger partial charge in [-0.1, -0.05) is 11.6 Å². The van der Waals surface area contributed by atoms with E-state index in [4.69, 9.17) is 16.3 Å². The van der Waals surface area contributed by atoms with Crippen molar-refractivity contribution in [3.8, 4) is 5.82 Å². The predicted molar refractivity (Wildman–Crippen MR) is 60.1 cm³/mol. The summed E-state index contributed by atoms with van der Waals surface area (Å²) in [6.45, 7) is 2.00. The Labute approximate surface area is 102 Å². The minimum atomic E-state index is -0.507. The van der Waals surface area contributed by atoms with Crippen LogP contribution in [0.15, 0.2) is 24.5 Å². The second-order valence-corrected chi connectivity index (χ2v) is 3.42. The van der Waals surface area contributed by atoms with Gasteiger partial charge in [0.05, 0.1) is 12.8 Å². The fraction of sp³-hybridized carbons (Fsp3) is 0.200. The van der Waals surface area contributed by atoms with Gasteiger partial charge in [0.1, 0.15) is 10.7 Å². The highest BCUT2D eigenvalue weighted by Crippen LogP contribution is 2.19. The van der Waals surface area contributed by atoms with E-state index in [9.17, 15) is 4.79 Å². The van der Waals surface area contributed by atoms with Crippen LogP contribution in [0.5, 0.6) is 0 Å². The molecule has 88 valence electrons. The Morgan fingerprint density at radius 2 is 2.41 bits per heavy atom. The lowest BCUT2D eigenvalue weighted by Gasteiger charge is -2.01. The highest BCUT2D eigenvalue weighted by atomic mass is 35.5. The molecule has 0 saturated heterocycles. The monoisotopic (exact) mass is 252 g/mol. The Bertz CT molecular complexity index is 526. The van der Waals surface area contributed by atoms with E-state index in [2.05, 4.69) is 15.3 Å². The average molecular weight is 253 g/mol. The zero-order valence-electron chi connectivity index (χ0n) is 9.00. The molecule has 0 atom stereocenters. The fourth-order valence-corrected chi connectivity index (χ4v) is 1.50. The first-order valence-electron chi connectivity index (χ1n) is 4.92. The van der Waals surface area contributed by atoms with Crippen molar-refractivity contribution >= 4 is 17.6 Å². The van der Waals surface area contributed by atoms with Crippen molar-refractivity contribution in [2.75, 3.05) is 6.61 Å². The number of aromatic nitrogens is 4. The predicted octanol–water partition coefficient (Wildman–Crippen LogP) is 1.49. The molecule has 2 aromatic rings. The van der Waals surface area contributed by atoms with Gasteiger partial charge < -0.3 is 4.74 Å². The summed E-state index contributed by atoms with van der Waals surface area (Å²) in [5.74, 6) is -0.0688. The van der Waals surface area contributed by atoms with Crippen LogP contribution >= 0.6 is 11.6 Å². The van der Waals surface area contributed by atoms with Gasteiger partial charge >= 0.3 is 5.97 Å². The molecule has 0 amide bonds. The summed E-state index contributed by atoms with van der Waals surface area (Å²) < 4.78 is 6.17. The average Bonchev–Trinajstić information content (AvgIpc) is 2.72. The first-order valence-corrected chi connectivity index (χ1v) is 5.30. The molecule has 0 aliphatic heterocycles. The number of hydrogen-bond donors (Lipinski definition) is 0. The third kappa shape index (κ3) is 2.26. The van der Waals surface area contributed by atoms with Gasteiger partial charge in [0.25, 0.3) is 0 Å². The molecule has 2 aromatic heterocycles. The summed E-state index contributed by atoms with van der Waals surface area (Å²) in [6.07, 6.45) is 2.88. The molecule has 0 unspecified atom stereocenters. The Balaban J connectivity index is 2.37. The SMILES string of the molecule is CCOC(=O)c1cnn(-c2cccnn2)c1Cl. The van der Waals surface area contributed by atoms with E-state index < -0.39 is 5.97 Å². The zero-order chi connectivity index (χ0) is 12.3. The fourth-order valence-electron chi connectivity index (χ4n) is 1.25. The van der Waals surface area contributed by atoms with Gasteiger partial charge in [0.2, 0.25) is 0 Å². The maximum atomic E-state index is 11.5. The molecule has 0 aromatic carbocycles. The molecule has 7 heteroatoms. The van der Waals surface area contributed by atoms with Crippen LogP contribution in [0.3, 0.4) is 0 Å².